The minimum atomic E-state index is 0.172. The van der Waals surface area contributed by atoms with E-state index in [1.165, 1.54) is 21.0 Å². The van der Waals surface area contributed by atoms with Gasteiger partial charge in [0.1, 0.15) is 0 Å². The highest BCUT2D eigenvalue weighted by molar-refractivity contribution is 7.99. The number of rotatable bonds is 0. The van der Waals surface area contributed by atoms with Crippen LogP contribution in [-0.2, 0) is 0 Å². The number of fused-ring (bicyclic) bond motifs is 5. The molecule has 2 atom stereocenters. The fourth-order valence-electron chi connectivity index (χ4n) is 3.43. The lowest BCUT2D eigenvalue weighted by Gasteiger charge is -2.41. The Morgan fingerprint density at radius 1 is 1.14 bits per heavy atom. The summed E-state index contributed by atoms with van der Waals surface area (Å²) in [5, 5.41) is 0.790. The van der Waals surface area contributed by atoms with Crippen molar-refractivity contribution in [1.29, 1.82) is 0 Å². The maximum atomic E-state index is 6.48. The van der Waals surface area contributed by atoms with Gasteiger partial charge in [-0.05, 0) is 42.7 Å². The van der Waals surface area contributed by atoms with Crippen molar-refractivity contribution in [2.75, 3.05) is 11.4 Å². The first-order valence-corrected chi connectivity index (χ1v) is 8.52. The maximum Gasteiger partial charge on any atom is 0.0704 e. The molecule has 2 unspecified atom stereocenters. The molecule has 108 valence electrons. The molecule has 2 nitrogen and oxygen atoms in total. The first-order chi connectivity index (χ1) is 10.2. The second kappa shape index (κ2) is 5.24. The zero-order chi connectivity index (χ0) is 14.4. The molecule has 4 heteroatoms. The lowest BCUT2D eigenvalue weighted by Crippen LogP contribution is -2.46. The van der Waals surface area contributed by atoms with Crippen LogP contribution in [0, 0.1) is 0 Å². The average Bonchev–Trinajstić information content (AvgIpc) is 2.63. The molecule has 0 bridgehead atoms. The first kappa shape index (κ1) is 13.5. The Kier molecular flexibility index (Phi) is 3.37. The van der Waals surface area contributed by atoms with Gasteiger partial charge in [-0.2, -0.15) is 0 Å². The molecule has 2 heterocycles. The normalized spacial score (nSPS) is 23.8. The summed E-state index contributed by atoms with van der Waals surface area (Å²) in [7, 11) is 0. The van der Waals surface area contributed by atoms with E-state index in [0.717, 1.165) is 24.4 Å². The van der Waals surface area contributed by atoms with Crippen molar-refractivity contribution < 1.29 is 0 Å². The van der Waals surface area contributed by atoms with Gasteiger partial charge in [0, 0.05) is 27.4 Å². The van der Waals surface area contributed by atoms with Crippen molar-refractivity contribution in [3.05, 3.63) is 53.1 Å². The molecule has 21 heavy (non-hydrogen) atoms. The molecule has 0 amide bonds. The summed E-state index contributed by atoms with van der Waals surface area (Å²) in [5.74, 6) is 0. The van der Waals surface area contributed by atoms with Gasteiger partial charge in [-0.3, -0.25) is 0 Å². The van der Waals surface area contributed by atoms with Gasteiger partial charge >= 0.3 is 0 Å². The van der Waals surface area contributed by atoms with Crippen LogP contribution in [0.2, 0.25) is 5.02 Å². The number of halogens is 1. The van der Waals surface area contributed by atoms with Crippen LogP contribution < -0.4 is 10.6 Å². The zero-order valence-corrected chi connectivity index (χ0v) is 13.2. The summed E-state index contributed by atoms with van der Waals surface area (Å²) in [6, 6.07) is 15.2. The van der Waals surface area contributed by atoms with E-state index in [2.05, 4.69) is 41.3 Å². The molecule has 2 aromatic rings. The van der Waals surface area contributed by atoms with Crippen molar-refractivity contribution in [1.82, 2.24) is 0 Å². The lowest BCUT2D eigenvalue weighted by molar-refractivity contribution is 0.405. The molecule has 0 spiro atoms. The van der Waals surface area contributed by atoms with E-state index < -0.39 is 0 Å². The van der Waals surface area contributed by atoms with Gasteiger partial charge < -0.3 is 10.6 Å². The number of nitrogens with zero attached hydrogens (tertiary/aromatic N) is 1. The number of nitrogens with two attached hydrogens (primary N) is 1. The van der Waals surface area contributed by atoms with E-state index in [-0.39, 0.29) is 12.1 Å². The fourth-order valence-corrected chi connectivity index (χ4v) is 4.71. The molecular formula is C17H17ClN2S. The van der Waals surface area contributed by atoms with Crippen LogP contribution in [0.5, 0.6) is 0 Å². The van der Waals surface area contributed by atoms with Crippen molar-refractivity contribution in [2.24, 2.45) is 5.73 Å². The molecule has 1 saturated heterocycles. The maximum absolute atomic E-state index is 6.48. The summed E-state index contributed by atoms with van der Waals surface area (Å²) < 4.78 is 0. The fraction of sp³-hybridized carbons (Fsp3) is 0.294. The number of hydrogen-bond donors (Lipinski definition) is 1. The summed E-state index contributed by atoms with van der Waals surface area (Å²) >= 11 is 8.07. The second-order valence-corrected chi connectivity index (χ2v) is 7.22. The molecule has 0 radical (unpaired) electrons. The number of hydrogen-bond acceptors (Lipinski definition) is 3. The Morgan fingerprint density at radius 3 is 2.90 bits per heavy atom. The molecule has 0 aliphatic carbocycles. The van der Waals surface area contributed by atoms with Gasteiger partial charge in [-0.25, -0.2) is 0 Å². The smallest absolute Gasteiger partial charge is 0.0704 e. The summed E-state index contributed by atoms with van der Waals surface area (Å²) in [6.07, 6.45) is 2.21. The minimum Gasteiger partial charge on any atom is -0.362 e. The quantitative estimate of drug-likeness (QED) is 0.777. The molecule has 0 aromatic heterocycles. The molecule has 4 rings (SSSR count). The van der Waals surface area contributed by atoms with E-state index in [1.807, 2.05) is 17.8 Å². The molecule has 2 aliphatic rings. The average molecular weight is 317 g/mol. The second-order valence-electron chi connectivity index (χ2n) is 5.70. The van der Waals surface area contributed by atoms with Gasteiger partial charge in [0.15, 0.2) is 0 Å². The summed E-state index contributed by atoms with van der Waals surface area (Å²) in [5.41, 5.74) is 9.06. The third kappa shape index (κ3) is 2.24. The lowest BCUT2D eigenvalue weighted by atomic mass is 9.90. The van der Waals surface area contributed by atoms with Crippen molar-refractivity contribution >= 4 is 29.1 Å². The molecule has 2 aromatic carbocycles. The number of benzene rings is 2. The van der Waals surface area contributed by atoms with Crippen LogP contribution in [-0.4, -0.2) is 12.6 Å². The van der Waals surface area contributed by atoms with Gasteiger partial charge in [-0.1, -0.05) is 41.6 Å². The van der Waals surface area contributed by atoms with Crippen LogP contribution >= 0.6 is 23.4 Å². The van der Waals surface area contributed by atoms with Crippen molar-refractivity contribution in [3.8, 4) is 0 Å². The predicted octanol–water partition coefficient (Wildman–Crippen LogP) is 4.47. The Bertz CT molecular complexity index is 688. The highest BCUT2D eigenvalue weighted by Gasteiger charge is 2.35. The van der Waals surface area contributed by atoms with E-state index >= 15 is 0 Å². The van der Waals surface area contributed by atoms with Gasteiger partial charge in [-0.15, -0.1) is 0 Å². The molecular weight excluding hydrogens is 300 g/mol. The van der Waals surface area contributed by atoms with Crippen LogP contribution in [0.3, 0.4) is 0 Å². The molecule has 2 aliphatic heterocycles. The SMILES string of the molecule is NC1CCCN2c3cc(Cl)ccc3Sc3ccccc3C12. The van der Waals surface area contributed by atoms with Gasteiger partial charge in [0.05, 0.1) is 11.7 Å². The van der Waals surface area contributed by atoms with E-state index in [9.17, 15) is 0 Å². The van der Waals surface area contributed by atoms with E-state index in [1.54, 1.807) is 0 Å². The first-order valence-electron chi connectivity index (χ1n) is 7.32. The number of anilines is 1. The largest absolute Gasteiger partial charge is 0.362 e. The topological polar surface area (TPSA) is 29.3 Å². The predicted molar refractivity (Wildman–Crippen MR) is 89.3 cm³/mol. The standard InChI is InChI=1S/C17H17ClN2S/c18-11-7-8-16-14(10-11)20-9-3-5-13(19)17(20)12-4-1-2-6-15(12)21-16/h1-2,4,6-8,10,13,17H,3,5,9,19H2. The molecule has 1 fully saturated rings. The Morgan fingerprint density at radius 2 is 2.00 bits per heavy atom. The van der Waals surface area contributed by atoms with Crippen molar-refractivity contribution in [3.63, 3.8) is 0 Å². The van der Waals surface area contributed by atoms with Crippen LogP contribution in [0.25, 0.3) is 0 Å². The highest BCUT2D eigenvalue weighted by Crippen LogP contribution is 2.48. The van der Waals surface area contributed by atoms with Crippen LogP contribution in [0.1, 0.15) is 24.4 Å². The van der Waals surface area contributed by atoms with Crippen molar-refractivity contribution in [2.45, 2.75) is 34.7 Å². The summed E-state index contributed by atoms with van der Waals surface area (Å²) in [6.45, 7) is 1.04. The van der Waals surface area contributed by atoms with Gasteiger partial charge in [0.25, 0.3) is 0 Å². The third-order valence-corrected chi connectivity index (χ3v) is 5.76. The Labute approximate surface area is 134 Å². The van der Waals surface area contributed by atoms with Crippen LogP contribution in [0.15, 0.2) is 52.3 Å². The molecule has 0 saturated carbocycles. The number of piperidine rings is 1. The third-order valence-electron chi connectivity index (χ3n) is 4.37. The van der Waals surface area contributed by atoms with E-state index in [0.29, 0.717) is 0 Å². The Balaban J connectivity index is 1.94. The monoisotopic (exact) mass is 316 g/mol. The van der Waals surface area contributed by atoms with E-state index in [4.69, 9.17) is 17.3 Å². The van der Waals surface area contributed by atoms with Crippen LogP contribution in [0.4, 0.5) is 5.69 Å². The highest BCUT2D eigenvalue weighted by atomic mass is 35.5. The minimum absolute atomic E-state index is 0.172. The zero-order valence-electron chi connectivity index (χ0n) is 11.6. The summed E-state index contributed by atoms with van der Waals surface area (Å²) in [4.78, 5) is 5.03. The Hall–Kier alpha value is -1.16. The van der Waals surface area contributed by atoms with Gasteiger partial charge in [0.2, 0.25) is 0 Å². The molecule has 2 N–H and O–H groups in total.